The standard InChI is InChI=1S/C32H37ClN4O4S/c1-20-21(2)23(4)31(24(5)22(20)3)42(40,41)36-16-14-35(15-17-36)32(39)34-28-11-12-29-26(18-28)8-13-30(38)37(29)19-25-6-9-27(33)10-7-25/h6-7,9-12,18H,8,13-17,19H2,1-5H3,(H,34,39). The third kappa shape index (κ3) is 5.65. The minimum absolute atomic E-state index is 0.0587. The molecule has 0 unspecified atom stereocenters. The van der Waals surface area contributed by atoms with Crippen molar-refractivity contribution in [2.24, 2.45) is 0 Å². The minimum atomic E-state index is -3.70. The van der Waals surface area contributed by atoms with Crippen molar-refractivity contribution >= 4 is 44.9 Å². The van der Waals surface area contributed by atoms with Gasteiger partial charge in [0.05, 0.1) is 11.4 Å². The molecule has 0 aliphatic carbocycles. The predicted molar refractivity (Wildman–Crippen MR) is 167 cm³/mol. The molecule has 42 heavy (non-hydrogen) atoms. The van der Waals surface area contributed by atoms with Gasteiger partial charge in [0.15, 0.2) is 0 Å². The maximum Gasteiger partial charge on any atom is 0.321 e. The summed E-state index contributed by atoms with van der Waals surface area (Å²) in [6, 6.07) is 12.8. The van der Waals surface area contributed by atoms with Crippen LogP contribution >= 0.6 is 11.6 Å². The van der Waals surface area contributed by atoms with Gasteiger partial charge in [0.2, 0.25) is 15.9 Å². The highest BCUT2D eigenvalue weighted by molar-refractivity contribution is 7.89. The van der Waals surface area contributed by atoms with E-state index in [0.29, 0.717) is 48.1 Å². The molecule has 2 heterocycles. The molecule has 0 aromatic heterocycles. The number of urea groups is 1. The van der Waals surface area contributed by atoms with Crippen LogP contribution in [0.1, 0.15) is 45.4 Å². The van der Waals surface area contributed by atoms with Crippen LogP contribution in [0.25, 0.3) is 0 Å². The van der Waals surface area contributed by atoms with Gasteiger partial charge in [-0.3, -0.25) is 4.79 Å². The smallest absolute Gasteiger partial charge is 0.321 e. The third-order valence-electron chi connectivity index (χ3n) is 8.84. The zero-order chi connectivity index (χ0) is 30.3. The van der Waals surface area contributed by atoms with Crippen molar-refractivity contribution in [1.29, 1.82) is 0 Å². The van der Waals surface area contributed by atoms with Gasteiger partial charge in [-0.25, -0.2) is 13.2 Å². The summed E-state index contributed by atoms with van der Waals surface area (Å²) in [4.78, 5) is 29.7. The van der Waals surface area contributed by atoms with Crippen LogP contribution in [0.5, 0.6) is 0 Å². The Kier molecular flexibility index (Phi) is 8.38. The Morgan fingerprint density at radius 1 is 0.833 bits per heavy atom. The van der Waals surface area contributed by atoms with Crippen LogP contribution in [-0.2, 0) is 27.8 Å². The number of fused-ring (bicyclic) bond motifs is 1. The fourth-order valence-electron chi connectivity index (χ4n) is 5.90. The molecular weight excluding hydrogens is 572 g/mol. The van der Waals surface area contributed by atoms with Crippen LogP contribution < -0.4 is 10.2 Å². The molecule has 10 heteroatoms. The number of carbonyl (C=O) groups excluding carboxylic acids is 2. The molecule has 3 aromatic rings. The van der Waals surface area contributed by atoms with Crippen molar-refractivity contribution in [3.05, 3.63) is 86.4 Å². The minimum Gasteiger partial charge on any atom is -0.322 e. The summed E-state index contributed by atoms with van der Waals surface area (Å²) in [6.45, 7) is 11.2. The molecule has 2 aliphatic heterocycles. The molecule has 3 amide bonds. The number of anilines is 2. The fraction of sp³-hybridized carbons (Fsp3) is 0.375. The zero-order valence-corrected chi connectivity index (χ0v) is 26.3. The molecule has 1 N–H and O–H groups in total. The number of nitrogens with zero attached hydrogens (tertiary/aromatic N) is 3. The first kappa shape index (κ1) is 30.1. The van der Waals surface area contributed by atoms with Gasteiger partial charge in [-0.15, -0.1) is 0 Å². The third-order valence-corrected chi connectivity index (χ3v) is 11.3. The molecule has 5 rings (SSSR count). The maximum absolute atomic E-state index is 13.7. The Labute approximate surface area is 253 Å². The first-order valence-electron chi connectivity index (χ1n) is 14.2. The Morgan fingerprint density at radius 2 is 1.43 bits per heavy atom. The van der Waals surface area contributed by atoms with Crippen LogP contribution in [0.2, 0.25) is 5.02 Å². The van der Waals surface area contributed by atoms with E-state index >= 15 is 0 Å². The van der Waals surface area contributed by atoms with Crippen molar-refractivity contribution in [2.45, 2.75) is 58.9 Å². The number of sulfonamides is 1. The SMILES string of the molecule is Cc1c(C)c(C)c(S(=O)(=O)N2CCN(C(=O)Nc3ccc4c(c3)CCC(=O)N4Cc3ccc(Cl)cc3)CC2)c(C)c1C. The number of rotatable bonds is 5. The van der Waals surface area contributed by atoms with Crippen molar-refractivity contribution in [1.82, 2.24) is 9.21 Å². The highest BCUT2D eigenvalue weighted by atomic mass is 35.5. The first-order chi connectivity index (χ1) is 19.9. The number of amides is 3. The van der Waals surface area contributed by atoms with Gasteiger partial charge in [0.25, 0.3) is 0 Å². The number of carbonyl (C=O) groups is 2. The van der Waals surface area contributed by atoms with E-state index in [9.17, 15) is 18.0 Å². The summed E-state index contributed by atoms with van der Waals surface area (Å²) in [5.41, 5.74) is 8.15. The Balaban J connectivity index is 1.25. The normalized spacial score (nSPS) is 16.0. The summed E-state index contributed by atoms with van der Waals surface area (Å²) in [5, 5.41) is 3.62. The second kappa shape index (κ2) is 11.7. The van der Waals surface area contributed by atoms with Gasteiger partial charge >= 0.3 is 6.03 Å². The molecule has 2 aliphatic rings. The lowest BCUT2D eigenvalue weighted by molar-refractivity contribution is -0.119. The number of hydrogen-bond donors (Lipinski definition) is 1. The quantitative estimate of drug-likeness (QED) is 0.391. The van der Waals surface area contributed by atoms with E-state index in [0.717, 1.165) is 44.6 Å². The molecule has 0 saturated carbocycles. The van der Waals surface area contributed by atoms with E-state index in [1.165, 1.54) is 4.31 Å². The van der Waals surface area contributed by atoms with E-state index in [2.05, 4.69) is 5.32 Å². The number of halogens is 1. The lowest BCUT2D eigenvalue weighted by Crippen LogP contribution is -2.51. The molecular formula is C32H37ClN4O4S. The summed E-state index contributed by atoms with van der Waals surface area (Å²) < 4.78 is 28.9. The van der Waals surface area contributed by atoms with Gasteiger partial charge in [-0.1, -0.05) is 23.7 Å². The van der Waals surface area contributed by atoms with Crippen LogP contribution in [0.15, 0.2) is 47.4 Å². The van der Waals surface area contributed by atoms with Crippen molar-refractivity contribution in [2.75, 3.05) is 36.4 Å². The molecule has 1 saturated heterocycles. The van der Waals surface area contributed by atoms with E-state index in [-0.39, 0.29) is 25.0 Å². The number of nitrogens with one attached hydrogen (secondary N) is 1. The maximum atomic E-state index is 13.7. The number of aryl methyl sites for hydroxylation is 1. The van der Waals surface area contributed by atoms with Gasteiger partial charge in [-0.05, 0) is 110 Å². The highest BCUT2D eigenvalue weighted by Crippen LogP contribution is 2.33. The fourth-order valence-corrected chi connectivity index (χ4v) is 8.01. The van der Waals surface area contributed by atoms with Crippen molar-refractivity contribution < 1.29 is 18.0 Å². The van der Waals surface area contributed by atoms with Crippen LogP contribution in [0.3, 0.4) is 0 Å². The predicted octanol–water partition coefficient (Wildman–Crippen LogP) is 5.90. The number of hydrogen-bond acceptors (Lipinski definition) is 4. The second-order valence-electron chi connectivity index (χ2n) is 11.2. The number of piperazine rings is 1. The molecule has 0 bridgehead atoms. The average molecular weight is 609 g/mol. The van der Waals surface area contributed by atoms with Gasteiger partial charge < -0.3 is 15.1 Å². The number of benzene rings is 3. The monoisotopic (exact) mass is 608 g/mol. The van der Waals surface area contributed by atoms with Crippen LogP contribution in [-0.4, -0.2) is 55.7 Å². The second-order valence-corrected chi connectivity index (χ2v) is 13.5. The molecule has 0 radical (unpaired) electrons. The summed E-state index contributed by atoms with van der Waals surface area (Å²) in [6.07, 6.45) is 0.996. The van der Waals surface area contributed by atoms with E-state index in [1.807, 2.05) is 71.0 Å². The molecule has 0 atom stereocenters. The van der Waals surface area contributed by atoms with Gasteiger partial charge in [-0.2, -0.15) is 4.31 Å². The molecule has 8 nitrogen and oxygen atoms in total. The topological polar surface area (TPSA) is 90.0 Å². The van der Waals surface area contributed by atoms with E-state index < -0.39 is 10.0 Å². The van der Waals surface area contributed by atoms with Crippen molar-refractivity contribution in [3.63, 3.8) is 0 Å². The average Bonchev–Trinajstić information content (AvgIpc) is 2.97. The highest BCUT2D eigenvalue weighted by Gasteiger charge is 2.33. The largest absolute Gasteiger partial charge is 0.322 e. The Hall–Kier alpha value is -3.40. The summed E-state index contributed by atoms with van der Waals surface area (Å²) >= 11 is 6.01. The summed E-state index contributed by atoms with van der Waals surface area (Å²) in [5.74, 6) is 0.0587. The summed E-state index contributed by atoms with van der Waals surface area (Å²) in [7, 11) is -3.70. The van der Waals surface area contributed by atoms with Gasteiger partial charge in [0.1, 0.15) is 0 Å². The molecule has 1 fully saturated rings. The van der Waals surface area contributed by atoms with Gasteiger partial charge in [0, 0.05) is 49.0 Å². The van der Waals surface area contributed by atoms with E-state index in [1.54, 1.807) is 15.9 Å². The van der Waals surface area contributed by atoms with Crippen LogP contribution in [0, 0.1) is 34.6 Å². The first-order valence-corrected chi connectivity index (χ1v) is 16.0. The van der Waals surface area contributed by atoms with Crippen molar-refractivity contribution in [3.8, 4) is 0 Å². The Bertz CT molecular complexity index is 1630. The van der Waals surface area contributed by atoms with E-state index in [4.69, 9.17) is 11.6 Å². The molecule has 3 aromatic carbocycles. The molecule has 222 valence electrons. The zero-order valence-electron chi connectivity index (χ0n) is 24.8. The lowest BCUT2D eigenvalue weighted by Gasteiger charge is -2.35. The lowest BCUT2D eigenvalue weighted by atomic mass is 9.95. The van der Waals surface area contributed by atoms with Crippen LogP contribution in [0.4, 0.5) is 16.2 Å². The molecule has 0 spiro atoms. The Morgan fingerprint density at radius 3 is 2.05 bits per heavy atom.